The molecule has 1 atom stereocenters. The molecule has 14 heavy (non-hydrogen) atoms. The number of rotatable bonds is 1. The Morgan fingerprint density at radius 1 is 1.79 bits per heavy atom. The maximum Gasteiger partial charge on any atom is 0.310 e. The van der Waals surface area contributed by atoms with E-state index in [-0.39, 0.29) is 5.92 Å². The second-order valence-corrected chi connectivity index (χ2v) is 4.09. The minimum absolute atomic E-state index is 0.382. The molecule has 6 heteroatoms. The van der Waals surface area contributed by atoms with E-state index in [9.17, 15) is 4.79 Å². The number of carboxylic acids is 1. The van der Waals surface area contributed by atoms with Gasteiger partial charge in [-0.2, -0.15) is 0 Å². The number of anilines is 1. The van der Waals surface area contributed by atoms with Crippen molar-refractivity contribution in [3.8, 4) is 0 Å². The van der Waals surface area contributed by atoms with E-state index in [4.69, 9.17) is 5.11 Å². The molecule has 76 valence electrons. The zero-order chi connectivity index (χ0) is 10.3. The van der Waals surface area contributed by atoms with Gasteiger partial charge in [-0.3, -0.25) is 4.79 Å². The summed E-state index contributed by atoms with van der Waals surface area (Å²) in [5.74, 6) is -0.416. The number of nitrogens with one attached hydrogen (secondary N) is 1. The Balaban J connectivity index is 2.33. The first kappa shape index (κ1) is 9.51. The lowest BCUT2D eigenvalue weighted by Gasteiger charge is -2.22. The minimum atomic E-state index is -0.776. The average molecular weight is 260 g/mol. The van der Waals surface area contributed by atoms with Gasteiger partial charge in [0.1, 0.15) is 4.60 Å². The van der Waals surface area contributed by atoms with Crippen molar-refractivity contribution in [3.05, 3.63) is 10.3 Å². The first-order chi connectivity index (χ1) is 6.59. The third kappa shape index (κ3) is 1.39. The van der Waals surface area contributed by atoms with E-state index in [2.05, 4.69) is 26.2 Å². The van der Waals surface area contributed by atoms with Crippen molar-refractivity contribution < 1.29 is 9.90 Å². The van der Waals surface area contributed by atoms with E-state index in [1.165, 1.54) is 0 Å². The number of halogens is 1. The monoisotopic (exact) mass is 259 g/mol. The molecule has 0 amide bonds. The lowest BCUT2D eigenvalue weighted by atomic mass is 10.1. The van der Waals surface area contributed by atoms with E-state index < -0.39 is 5.97 Å². The zero-order valence-corrected chi connectivity index (χ0v) is 9.21. The first-order valence-corrected chi connectivity index (χ1v) is 5.08. The van der Waals surface area contributed by atoms with Gasteiger partial charge >= 0.3 is 5.97 Å². The van der Waals surface area contributed by atoms with Crippen LogP contribution in [0.15, 0.2) is 4.60 Å². The molecule has 1 aliphatic rings. The Kier molecular flexibility index (Phi) is 2.22. The summed E-state index contributed by atoms with van der Waals surface area (Å²) < 4.78 is 2.70. The van der Waals surface area contributed by atoms with Crippen LogP contribution in [-0.2, 0) is 11.3 Å². The maximum atomic E-state index is 10.8. The van der Waals surface area contributed by atoms with Crippen molar-refractivity contribution in [2.45, 2.75) is 13.5 Å². The van der Waals surface area contributed by atoms with Crippen LogP contribution in [0.5, 0.6) is 0 Å². The predicted octanol–water partition coefficient (Wildman–Crippen LogP) is 1.08. The molecule has 0 aromatic carbocycles. The molecular weight excluding hydrogens is 250 g/mol. The minimum Gasteiger partial charge on any atom is -0.481 e. The zero-order valence-electron chi connectivity index (χ0n) is 7.62. The van der Waals surface area contributed by atoms with E-state index in [1.807, 2.05) is 11.5 Å². The summed E-state index contributed by atoms with van der Waals surface area (Å²) >= 11 is 3.38. The molecule has 0 saturated carbocycles. The summed E-state index contributed by atoms with van der Waals surface area (Å²) in [5.41, 5.74) is 0.874. The van der Waals surface area contributed by atoms with Crippen molar-refractivity contribution in [2.75, 3.05) is 11.9 Å². The number of aliphatic carboxylic acids is 1. The Labute approximate surface area is 89.3 Å². The van der Waals surface area contributed by atoms with Crippen LogP contribution in [0.3, 0.4) is 0 Å². The number of aryl methyl sites for hydroxylation is 1. The summed E-state index contributed by atoms with van der Waals surface area (Å²) in [5, 5.41) is 11.9. The molecule has 0 spiro atoms. The fraction of sp³-hybridized carbons (Fsp3) is 0.500. The number of imidazole rings is 1. The topological polar surface area (TPSA) is 67.2 Å². The normalized spacial score (nSPS) is 20.0. The van der Waals surface area contributed by atoms with Gasteiger partial charge in [0.15, 0.2) is 0 Å². The van der Waals surface area contributed by atoms with Crippen LogP contribution in [0.25, 0.3) is 0 Å². The van der Waals surface area contributed by atoms with Gasteiger partial charge in [-0.25, -0.2) is 4.98 Å². The van der Waals surface area contributed by atoms with E-state index in [0.717, 1.165) is 16.2 Å². The van der Waals surface area contributed by atoms with Gasteiger partial charge < -0.3 is 15.0 Å². The standard InChI is InChI=1S/C8H10BrN3O2/c1-4-6(9)12-3-5(7(13)14)2-10-8(12)11-4/h5H,2-3H2,1H3,(H,10,11)(H,13,14). The van der Waals surface area contributed by atoms with Gasteiger partial charge in [-0.15, -0.1) is 0 Å². The van der Waals surface area contributed by atoms with Gasteiger partial charge in [0, 0.05) is 13.1 Å². The van der Waals surface area contributed by atoms with Crippen LogP contribution in [0.2, 0.25) is 0 Å². The van der Waals surface area contributed by atoms with Crippen LogP contribution in [0.1, 0.15) is 5.69 Å². The number of carboxylic acid groups (broad SMARTS) is 1. The highest BCUT2D eigenvalue weighted by Crippen LogP contribution is 2.26. The van der Waals surface area contributed by atoms with Crippen LogP contribution in [-0.4, -0.2) is 27.2 Å². The first-order valence-electron chi connectivity index (χ1n) is 4.29. The van der Waals surface area contributed by atoms with Crippen LogP contribution < -0.4 is 5.32 Å². The predicted molar refractivity (Wildman–Crippen MR) is 54.3 cm³/mol. The Hall–Kier alpha value is -1.04. The number of nitrogens with zero attached hydrogens (tertiary/aromatic N) is 2. The second kappa shape index (κ2) is 3.27. The van der Waals surface area contributed by atoms with Crippen molar-refractivity contribution in [3.63, 3.8) is 0 Å². The Morgan fingerprint density at radius 3 is 3.14 bits per heavy atom. The number of carbonyl (C=O) groups is 1. The Bertz CT molecular complexity index is 388. The lowest BCUT2D eigenvalue weighted by Crippen LogP contribution is -2.33. The van der Waals surface area contributed by atoms with Crippen molar-refractivity contribution in [2.24, 2.45) is 5.92 Å². The van der Waals surface area contributed by atoms with E-state index in [0.29, 0.717) is 13.1 Å². The molecule has 1 aromatic heterocycles. The molecule has 0 radical (unpaired) electrons. The molecule has 5 nitrogen and oxygen atoms in total. The van der Waals surface area contributed by atoms with Crippen molar-refractivity contribution >= 4 is 27.8 Å². The van der Waals surface area contributed by atoms with E-state index >= 15 is 0 Å². The molecule has 0 fully saturated rings. The number of aromatic nitrogens is 2. The van der Waals surface area contributed by atoms with Crippen molar-refractivity contribution in [1.82, 2.24) is 9.55 Å². The smallest absolute Gasteiger partial charge is 0.310 e. The summed E-state index contributed by atoms with van der Waals surface area (Å²) in [4.78, 5) is 15.0. The highest BCUT2D eigenvalue weighted by molar-refractivity contribution is 9.10. The van der Waals surface area contributed by atoms with Crippen LogP contribution in [0, 0.1) is 12.8 Å². The Morgan fingerprint density at radius 2 is 2.50 bits per heavy atom. The average Bonchev–Trinajstić information content (AvgIpc) is 2.43. The third-order valence-electron chi connectivity index (χ3n) is 2.32. The SMILES string of the molecule is Cc1nc2n(c1Br)CC(C(=O)O)CN2. The quantitative estimate of drug-likeness (QED) is 0.792. The molecular formula is C8H10BrN3O2. The maximum absolute atomic E-state index is 10.8. The van der Waals surface area contributed by atoms with Gasteiger partial charge in [0.2, 0.25) is 5.95 Å². The van der Waals surface area contributed by atoms with Crippen LogP contribution in [0.4, 0.5) is 5.95 Å². The van der Waals surface area contributed by atoms with Gasteiger partial charge in [-0.1, -0.05) is 0 Å². The summed E-state index contributed by atoms with van der Waals surface area (Å²) in [6.45, 7) is 2.80. The largest absolute Gasteiger partial charge is 0.481 e. The highest BCUT2D eigenvalue weighted by Gasteiger charge is 2.26. The molecule has 1 unspecified atom stereocenters. The highest BCUT2D eigenvalue weighted by atomic mass is 79.9. The summed E-state index contributed by atoms with van der Waals surface area (Å²) in [6.07, 6.45) is 0. The second-order valence-electron chi connectivity index (χ2n) is 3.34. The van der Waals surface area contributed by atoms with Gasteiger partial charge in [0.05, 0.1) is 11.6 Å². The molecule has 1 aliphatic heterocycles. The number of hydrogen-bond donors (Lipinski definition) is 2. The van der Waals surface area contributed by atoms with Crippen molar-refractivity contribution in [1.29, 1.82) is 0 Å². The molecule has 2 N–H and O–H groups in total. The molecule has 2 heterocycles. The summed E-state index contributed by atoms with van der Waals surface area (Å²) in [6, 6.07) is 0. The third-order valence-corrected chi connectivity index (χ3v) is 3.33. The molecule has 0 saturated heterocycles. The molecule has 1 aromatic rings. The fourth-order valence-corrected chi connectivity index (χ4v) is 1.92. The van der Waals surface area contributed by atoms with Gasteiger partial charge in [-0.05, 0) is 22.9 Å². The molecule has 0 aliphatic carbocycles. The number of hydrogen-bond acceptors (Lipinski definition) is 3. The van der Waals surface area contributed by atoms with Crippen LogP contribution >= 0.6 is 15.9 Å². The van der Waals surface area contributed by atoms with Gasteiger partial charge in [0.25, 0.3) is 0 Å². The van der Waals surface area contributed by atoms with E-state index in [1.54, 1.807) is 0 Å². The lowest BCUT2D eigenvalue weighted by molar-refractivity contribution is -0.141. The molecule has 2 rings (SSSR count). The fourth-order valence-electron chi connectivity index (χ4n) is 1.52. The number of fused-ring (bicyclic) bond motifs is 1. The summed E-state index contributed by atoms with van der Waals surface area (Å²) in [7, 11) is 0. The molecule has 0 bridgehead atoms.